The van der Waals surface area contributed by atoms with Crippen molar-refractivity contribution < 1.29 is 4.79 Å². The monoisotopic (exact) mass is 298 g/mol. The third kappa shape index (κ3) is 3.49. The molecule has 0 bridgehead atoms. The van der Waals surface area contributed by atoms with Gasteiger partial charge in [0.2, 0.25) is 0 Å². The van der Waals surface area contributed by atoms with Gasteiger partial charge in [0.1, 0.15) is 0 Å². The van der Waals surface area contributed by atoms with E-state index >= 15 is 0 Å². The molecule has 0 unspecified atom stereocenters. The summed E-state index contributed by atoms with van der Waals surface area (Å²) >= 11 is 17.5. The normalized spacial score (nSPS) is 10.4. The molecule has 0 radical (unpaired) electrons. The number of hydrogen-bond acceptors (Lipinski definition) is 1. The minimum Gasteiger partial charge on any atom is -0.294 e. The number of rotatable bonds is 3. The zero-order valence-corrected chi connectivity index (χ0v) is 11.6. The average molecular weight is 300 g/mol. The molecule has 0 aromatic heterocycles. The molecule has 0 aliphatic rings. The summed E-state index contributed by atoms with van der Waals surface area (Å²) in [4.78, 5) is 12.1. The minimum absolute atomic E-state index is 0.0262. The van der Waals surface area contributed by atoms with Crippen LogP contribution in [0.1, 0.15) is 15.9 Å². The van der Waals surface area contributed by atoms with Crippen LogP contribution in [-0.4, -0.2) is 5.78 Å². The highest BCUT2D eigenvalue weighted by Gasteiger charge is 2.09. The van der Waals surface area contributed by atoms with Crippen LogP contribution < -0.4 is 0 Å². The Morgan fingerprint density at radius 3 is 1.94 bits per heavy atom. The van der Waals surface area contributed by atoms with Crippen LogP contribution in [0.15, 0.2) is 42.5 Å². The summed E-state index contributed by atoms with van der Waals surface area (Å²) in [7, 11) is 0. The summed E-state index contributed by atoms with van der Waals surface area (Å²) in [6.45, 7) is 0. The van der Waals surface area contributed by atoms with Crippen molar-refractivity contribution in [2.24, 2.45) is 0 Å². The van der Waals surface area contributed by atoms with Crippen molar-refractivity contribution in [3.8, 4) is 0 Å². The Bertz CT molecular complexity index is 556. The smallest absolute Gasteiger partial charge is 0.167 e. The second kappa shape index (κ2) is 5.75. The lowest BCUT2D eigenvalue weighted by Gasteiger charge is -2.03. The van der Waals surface area contributed by atoms with Crippen molar-refractivity contribution in [3.63, 3.8) is 0 Å². The second-order valence-electron chi connectivity index (χ2n) is 3.88. The van der Waals surface area contributed by atoms with Crippen LogP contribution in [0.2, 0.25) is 15.1 Å². The maximum absolute atomic E-state index is 12.1. The van der Waals surface area contributed by atoms with Gasteiger partial charge in [0.25, 0.3) is 0 Å². The van der Waals surface area contributed by atoms with Gasteiger partial charge < -0.3 is 0 Å². The third-order valence-corrected chi connectivity index (χ3v) is 3.15. The van der Waals surface area contributed by atoms with Gasteiger partial charge in [0.05, 0.1) is 0 Å². The van der Waals surface area contributed by atoms with E-state index in [9.17, 15) is 4.79 Å². The molecule has 0 fully saturated rings. The van der Waals surface area contributed by atoms with Gasteiger partial charge in [-0.3, -0.25) is 4.79 Å². The van der Waals surface area contributed by atoms with E-state index in [2.05, 4.69) is 0 Å². The molecule has 1 nitrogen and oxygen atoms in total. The van der Waals surface area contributed by atoms with Gasteiger partial charge >= 0.3 is 0 Å². The van der Waals surface area contributed by atoms with Crippen molar-refractivity contribution in [2.45, 2.75) is 6.42 Å². The first kappa shape index (κ1) is 13.4. The van der Waals surface area contributed by atoms with Gasteiger partial charge in [-0.1, -0.05) is 46.9 Å². The van der Waals surface area contributed by atoms with E-state index in [4.69, 9.17) is 34.8 Å². The first-order valence-corrected chi connectivity index (χ1v) is 6.42. The van der Waals surface area contributed by atoms with Crippen molar-refractivity contribution in [2.75, 3.05) is 0 Å². The predicted octanol–water partition coefficient (Wildman–Crippen LogP) is 5.07. The van der Waals surface area contributed by atoms with E-state index in [1.54, 1.807) is 30.3 Å². The maximum Gasteiger partial charge on any atom is 0.167 e. The van der Waals surface area contributed by atoms with Gasteiger partial charge in [-0.15, -0.1) is 0 Å². The highest BCUT2D eigenvalue weighted by atomic mass is 35.5. The fourth-order valence-corrected chi connectivity index (χ4v) is 2.26. The average Bonchev–Trinajstić information content (AvgIpc) is 2.31. The van der Waals surface area contributed by atoms with E-state index in [0.29, 0.717) is 27.1 Å². The summed E-state index contributed by atoms with van der Waals surface area (Å²) < 4.78 is 0. The van der Waals surface area contributed by atoms with Crippen LogP contribution in [0.25, 0.3) is 0 Å². The Labute approximate surface area is 120 Å². The molecule has 0 N–H and O–H groups in total. The lowest BCUT2D eigenvalue weighted by atomic mass is 10.0. The number of benzene rings is 2. The topological polar surface area (TPSA) is 17.1 Å². The summed E-state index contributed by atoms with van der Waals surface area (Å²) in [6.07, 6.45) is 0.299. The Hall–Kier alpha value is -1.02. The van der Waals surface area contributed by atoms with Crippen LogP contribution in [-0.2, 0) is 6.42 Å². The SMILES string of the molecule is O=C(Cc1ccc(Cl)cc1)c1cc(Cl)cc(Cl)c1. The molecule has 0 amide bonds. The van der Waals surface area contributed by atoms with Crippen LogP contribution in [0.3, 0.4) is 0 Å². The molecule has 0 saturated carbocycles. The maximum atomic E-state index is 12.1. The van der Waals surface area contributed by atoms with Gasteiger partial charge in [-0.05, 0) is 35.9 Å². The van der Waals surface area contributed by atoms with Crippen LogP contribution in [0.5, 0.6) is 0 Å². The summed E-state index contributed by atoms with van der Waals surface area (Å²) in [5.41, 5.74) is 1.42. The molecule has 0 aliphatic carbocycles. The summed E-state index contributed by atoms with van der Waals surface area (Å²) in [6, 6.07) is 12.0. The largest absolute Gasteiger partial charge is 0.294 e. The molecule has 2 aromatic carbocycles. The second-order valence-corrected chi connectivity index (χ2v) is 5.19. The standard InChI is InChI=1S/C14H9Cl3O/c15-11-3-1-9(2-4-11)5-14(18)10-6-12(16)8-13(17)7-10/h1-4,6-8H,5H2. The molecular formula is C14H9Cl3O. The number of hydrogen-bond donors (Lipinski definition) is 0. The van der Waals surface area contributed by atoms with Gasteiger partial charge in [-0.25, -0.2) is 0 Å². The van der Waals surface area contributed by atoms with Gasteiger partial charge in [-0.2, -0.15) is 0 Å². The van der Waals surface area contributed by atoms with Crippen LogP contribution in [0, 0.1) is 0 Å². The number of halogens is 3. The third-order valence-electron chi connectivity index (χ3n) is 2.46. The van der Waals surface area contributed by atoms with E-state index in [-0.39, 0.29) is 5.78 Å². The Balaban J connectivity index is 2.19. The van der Waals surface area contributed by atoms with E-state index < -0.39 is 0 Å². The first-order chi connectivity index (χ1) is 8.54. The van der Waals surface area contributed by atoms with E-state index in [1.807, 2.05) is 12.1 Å². The molecule has 0 heterocycles. The predicted molar refractivity (Wildman–Crippen MR) is 75.9 cm³/mol. The Morgan fingerprint density at radius 2 is 1.39 bits per heavy atom. The summed E-state index contributed by atoms with van der Waals surface area (Å²) in [5.74, 6) is -0.0262. The molecule has 2 aromatic rings. The molecule has 0 aliphatic heterocycles. The van der Waals surface area contributed by atoms with Crippen molar-refractivity contribution >= 4 is 40.6 Å². The van der Waals surface area contributed by atoms with Crippen LogP contribution in [0.4, 0.5) is 0 Å². The number of carbonyl (C=O) groups excluding carboxylic acids is 1. The lowest BCUT2D eigenvalue weighted by molar-refractivity contribution is 0.0993. The van der Waals surface area contributed by atoms with Crippen molar-refractivity contribution in [1.82, 2.24) is 0 Å². The van der Waals surface area contributed by atoms with Crippen molar-refractivity contribution in [1.29, 1.82) is 0 Å². The molecule has 18 heavy (non-hydrogen) atoms. The van der Waals surface area contributed by atoms with E-state index in [0.717, 1.165) is 5.56 Å². The van der Waals surface area contributed by atoms with Gasteiger partial charge in [0.15, 0.2) is 5.78 Å². The number of ketones is 1. The zero-order chi connectivity index (χ0) is 13.1. The molecule has 0 saturated heterocycles. The Kier molecular flexibility index (Phi) is 4.28. The molecule has 92 valence electrons. The van der Waals surface area contributed by atoms with E-state index in [1.165, 1.54) is 0 Å². The fourth-order valence-electron chi connectivity index (χ4n) is 1.60. The summed E-state index contributed by atoms with van der Waals surface area (Å²) in [5, 5.41) is 1.57. The number of Topliss-reactive ketones (excluding diaryl/α,β-unsaturated/α-hetero) is 1. The lowest BCUT2D eigenvalue weighted by Crippen LogP contribution is -2.03. The quantitative estimate of drug-likeness (QED) is 0.723. The minimum atomic E-state index is -0.0262. The molecule has 4 heteroatoms. The van der Waals surface area contributed by atoms with Crippen molar-refractivity contribution in [3.05, 3.63) is 68.7 Å². The highest BCUT2D eigenvalue weighted by Crippen LogP contribution is 2.20. The van der Waals surface area contributed by atoms with Crippen LogP contribution >= 0.6 is 34.8 Å². The Morgan fingerprint density at radius 1 is 0.833 bits per heavy atom. The fraction of sp³-hybridized carbons (Fsp3) is 0.0714. The number of carbonyl (C=O) groups is 1. The molecule has 0 spiro atoms. The van der Waals surface area contributed by atoms with Gasteiger partial charge in [0, 0.05) is 27.1 Å². The zero-order valence-electron chi connectivity index (χ0n) is 9.29. The highest BCUT2D eigenvalue weighted by molar-refractivity contribution is 6.35. The molecule has 0 atom stereocenters. The molecular weight excluding hydrogens is 291 g/mol. The molecule has 2 rings (SSSR count). The first-order valence-electron chi connectivity index (χ1n) is 5.28.